The maximum atomic E-state index is 5.17. The molecule has 1 rings (SSSR count). The lowest BCUT2D eigenvalue weighted by Crippen LogP contribution is -2.24. The fourth-order valence-electron chi connectivity index (χ4n) is 0.718. The first-order valence-electron chi connectivity index (χ1n) is 3.69. The molecule has 4 nitrogen and oxygen atoms in total. The highest BCUT2D eigenvalue weighted by atomic mass is 32.1. The number of hydrogen-bond acceptors (Lipinski definition) is 3. The Morgan fingerprint density at radius 2 is 2.46 bits per heavy atom. The summed E-state index contributed by atoms with van der Waals surface area (Å²) in [7, 11) is 0. The van der Waals surface area contributed by atoms with Gasteiger partial charge in [0.25, 0.3) is 0 Å². The van der Waals surface area contributed by atoms with Crippen LogP contribution in [0.3, 0.4) is 0 Å². The number of thiocarbonyl (C=S) groups is 1. The number of hydrogen-bond donors (Lipinski definition) is 2. The van der Waals surface area contributed by atoms with Crippen LogP contribution in [0.1, 0.15) is 11.3 Å². The Balaban J connectivity index is 2.59. The number of pyridine rings is 1. The van der Waals surface area contributed by atoms with E-state index in [2.05, 4.69) is 27.7 Å². The molecule has 3 N–H and O–H groups in total. The highest BCUT2D eigenvalue weighted by Crippen LogP contribution is 1.94. The molecule has 68 valence electrons. The van der Waals surface area contributed by atoms with E-state index in [1.54, 1.807) is 12.4 Å². The molecule has 0 aliphatic carbocycles. The van der Waals surface area contributed by atoms with Gasteiger partial charge in [-0.05, 0) is 30.8 Å². The fraction of sp³-hybridized carbons (Fsp3) is 0.125. The van der Waals surface area contributed by atoms with E-state index in [1.807, 2.05) is 19.1 Å². The topological polar surface area (TPSA) is 63.3 Å². The van der Waals surface area contributed by atoms with E-state index in [-0.39, 0.29) is 5.11 Å². The van der Waals surface area contributed by atoms with E-state index < -0.39 is 0 Å². The van der Waals surface area contributed by atoms with E-state index in [0.29, 0.717) is 0 Å². The molecule has 0 aromatic carbocycles. The molecule has 0 spiro atoms. The van der Waals surface area contributed by atoms with Crippen molar-refractivity contribution in [1.82, 2.24) is 10.4 Å². The minimum absolute atomic E-state index is 0.142. The van der Waals surface area contributed by atoms with Crippen molar-refractivity contribution in [2.75, 3.05) is 0 Å². The first kappa shape index (κ1) is 9.60. The molecule has 1 heterocycles. The molecule has 0 aliphatic rings. The molecule has 5 heteroatoms. The van der Waals surface area contributed by atoms with Gasteiger partial charge in [-0.1, -0.05) is 6.07 Å². The summed E-state index contributed by atoms with van der Waals surface area (Å²) in [6, 6.07) is 3.81. The minimum Gasteiger partial charge on any atom is -0.375 e. The van der Waals surface area contributed by atoms with Crippen LogP contribution < -0.4 is 11.2 Å². The third kappa shape index (κ3) is 3.62. The number of rotatable bonds is 2. The summed E-state index contributed by atoms with van der Waals surface area (Å²) in [6.07, 6.45) is 3.32. The van der Waals surface area contributed by atoms with Crippen molar-refractivity contribution < 1.29 is 0 Å². The lowest BCUT2D eigenvalue weighted by molar-refractivity contribution is 1.04. The zero-order valence-corrected chi connectivity index (χ0v) is 8.01. The molecule has 0 radical (unpaired) electrons. The Morgan fingerprint density at radius 1 is 1.69 bits per heavy atom. The van der Waals surface area contributed by atoms with Crippen LogP contribution in [0.2, 0.25) is 0 Å². The predicted octanol–water partition coefficient (Wildman–Crippen LogP) is 0.557. The zero-order chi connectivity index (χ0) is 9.68. The zero-order valence-electron chi connectivity index (χ0n) is 7.19. The number of nitrogens with zero attached hydrogens (tertiary/aromatic N) is 2. The molecule has 1 aromatic heterocycles. The van der Waals surface area contributed by atoms with Gasteiger partial charge in [-0.3, -0.25) is 10.4 Å². The Hall–Kier alpha value is -1.49. The summed E-state index contributed by atoms with van der Waals surface area (Å²) in [6.45, 7) is 1.97. The number of nitrogens with one attached hydrogen (secondary N) is 1. The minimum atomic E-state index is 0.142. The highest BCUT2D eigenvalue weighted by molar-refractivity contribution is 7.80. The van der Waals surface area contributed by atoms with Gasteiger partial charge in [0.05, 0.1) is 11.9 Å². The normalized spacial score (nSPS) is 10.2. The Kier molecular flexibility index (Phi) is 3.33. The van der Waals surface area contributed by atoms with Gasteiger partial charge >= 0.3 is 0 Å². The van der Waals surface area contributed by atoms with Gasteiger partial charge in [0.15, 0.2) is 5.11 Å². The third-order valence-corrected chi connectivity index (χ3v) is 1.40. The van der Waals surface area contributed by atoms with Crippen LogP contribution in [0.5, 0.6) is 0 Å². The second kappa shape index (κ2) is 4.51. The molecule has 0 aliphatic heterocycles. The quantitative estimate of drug-likeness (QED) is 0.410. The van der Waals surface area contributed by atoms with Gasteiger partial charge in [-0.25, -0.2) is 0 Å². The first-order valence-corrected chi connectivity index (χ1v) is 4.10. The van der Waals surface area contributed by atoms with Crippen LogP contribution in [-0.4, -0.2) is 16.3 Å². The molecule has 0 amide bonds. The summed E-state index contributed by atoms with van der Waals surface area (Å²) in [5.74, 6) is 0. The molecule has 0 unspecified atom stereocenters. The summed E-state index contributed by atoms with van der Waals surface area (Å²) < 4.78 is 0. The van der Waals surface area contributed by atoms with Gasteiger partial charge in [0.2, 0.25) is 0 Å². The molecule has 0 saturated heterocycles. The van der Waals surface area contributed by atoms with E-state index in [4.69, 9.17) is 5.73 Å². The van der Waals surface area contributed by atoms with Gasteiger partial charge in [0, 0.05) is 6.20 Å². The van der Waals surface area contributed by atoms with E-state index in [1.165, 1.54) is 0 Å². The van der Waals surface area contributed by atoms with Crippen LogP contribution >= 0.6 is 12.2 Å². The van der Waals surface area contributed by atoms with Crippen molar-refractivity contribution in [1.29, 1.82) is 0 Å². The molecular weight excluding hydrogens is 184 g/mol. The smallest absolute Gasteiger partial charge is 0.184 e. The molecular formula is C8H10N4S. The van der Waals surface area contributed by atoms with Crippen molar-refractivity contribution in [2.45, 2.75) is 6.92 Å². The van der Waals surface area contributed by atoms with Crippen molar-refractivity contribution in [3.63, 3.8) is 0 Å². The Morgan fingerprint density at radius 3 is 3.00 bits per heavy atom. The lowest BCUT2D eigenvalue weighted by Gasteiger charge is -1.94. The monoisotopic (exact) mass is 194 g/mol. The highest BCUT2D eigenvalue weighted by Gasteiger charge is 1.88. The van der Waals surface area contributed by atoms with Crippen molar-refractivity contribution >= 4 is 23.5 Å². The second-order valence-electron chi connectivity index (χ2n) is 2.49. The lowest BCUT2D eigenvalue weighted by atomic mass is 10.3. The molecule has 0 bridgehead atoms. The van der Waals surface area contributed by atoms with Crippen LogP contribution in [0.25, 0.3) is 0 Å². The summed E-state index contributed by atoms with van der Waals surface area (Å²) in [5, 5.41) is 3.91. The number of aryl methyl sites for hydroxylation is 1. The standard InChI is InChI=1S/C8H10N4S/c1-6-2-3-7(10-4-6)5-11-12-8(9)13/h2-5H,1H3,(H3,9,12,13)/b11-5+. The molecule has 0 saturated carbocycles. The van der Waals surface area contributed by atoms with Crippen molar-refractivity contribution in [3.8, 4) is 0 Å². The van der Waals surface area contributed by atoms with E-state index >= 15 is 0 Å². The number of hydrazone groups is 1. The van der Waals surface area contributed by atoms with Gasteiger partial charge in [-0.2, -0.15) is 5.10 Å². The Labute approximate surface area is 81.9 Å². The predicted molar refractivity (Wildman–Crippen MR) is 56.5 cm³/mol. The maximum Gasteiger partial charge on any atom is 0.184 e. The average Bonchev–Trinajstić information content (AvgIpc) is 2.08. The SMILES string of the molecule is Cc1ccc(/C=N/NC(N)=S)nc1. The van der Waals surface area contributed by atoms with Gasteiger partial charge in [0.1, 0.15) is 0 Å². The number of aromatic nitrogens is 1. The largest absolute Gasteiger partial charge is 0.375 e. The van der Waals surface area contributed by atoms with Crippen molar-refractivity contribution in [2.24, 2.45) is 10.8 Å². The van der Waals surface area contributed by atoms with Gasteiger partial charge in [-0.15, -0.1) is 0 Å². The summed E-state index contributed by atoms with van der Waals surface area (Å²) in [4.78, 5) is 4.10. The van der Waals surface area contributed by atoms with Crippen LogP contribution in [0.15, 0.2) is 23.4 Å². The fourth-order valence-corrected chi connectivity index (χ4v) is 0.770. The van der Waals surface area contributed by atoms with E-state index in [9.17, 15) is 0 Å². The molecule has 0 atom stereocenters. The molecule has 0 fully saturated rings. The Bertz CT molecular complexity index is 317. The van der Waals surface area contributed by atoms with Crippen molar-refractivity contribution in [3.05, 3.63) is 29.6 Å². The third-order valence-electron chi connectivity index (χ3n) is 1.31. The van der Waals surface area contributed by atoms with E-state index in [0.717, 1.165) is 11.3 Å². The summed E-state index contributed by atoms with van der Waals surface area (Å²) in [5.41, 5.74) is 9.48. The first-order chi connectivity index (χ1) is 6.18. The van der Waals surface area contributed by atoms with Crippen LogP contribution in [0.4, 0.5) is 0 Å². The maximum absolute atomic E-state index is 5.17. The number of nitrogens with two attached hydrogens (primary N) is 1. The average molecular weight is 194 g/mol. The molecule has 1 aromatic rings. The summed E-state index contributed by atoms with van der Waals surface area (Å²) >= 11 is 4.56. The second-order valence-corrected chi connectivity index (χ2v) is 2.93. The van der Waals surface area contributed by atoms with Crippen LogP contribution in [0, 0.1) is 6.92 Å². The van der Waals surface area contributed by atoms with Crippen LogP contribution in [-0.2, 0) is 0 Å². The van der Waals surface area contributed by atoms with Gasteiger partial charge < -0.3 is 5.73 Å². The molecule has 13 heavy (non-hydrogen) atoms.